The van der Waals surface area contributed by atoms with E-state index < -0.39 is 5.60 Å². The molecule has 0 bridgehead atoms. The molecule has 3 fully saturated rings. The van der Waals surface area contributed by atoms with Crippen LogP contribution in [0.2, 0.25) is 0 Å². The lowest BCUT2D eigenvalue weighted by Crippen LogP contribution is -2.59. The molecule has 0 aromatic heterocycles. The lowest BCUT2D eigenvalue weighted by molar-refractivity contribution is -0.175. The topological polar surface area (TPSA) is 43.4 Å². The van der Waals surface area contributed by atoms with Gasteiger partial charge in [0.1, 0.15) is 5.60 Å². The van der Waals surface area contributed by atoms with Crippen molar-refractivity contribution < 1.29 is 14.3 Å². The highest BCUT2D eigenvalue weighted by atomic mass is 16.6. The van der Waals surface area contributed by atoms with E-state index in [9.17, 15) is 9.59 Å². The molecule has 3 unspecified atom stereocenters. The van der Waals surface area contributed by atoms with Gasteiger partial charge < -0.3 is 4.74 Å². The molecule has 5 aliphatic rings. The van der Waals surface area contributed by atoms with Crippen molar-refractivity contribution in [2.75, 3.05) is 0 Å². The molecular formula is C26H36O3. The summed E-state index contributed by atoms with van der Waals surface area (Å²) in [6.45, 7) is 11.6. The summed E-state index contributed by atoms with van der Waals surface area (Å²) in [5, 5.41) is 0. The molecule has 0 amide bonds. The first kappa shape index (κ1) is 19.6. The van der Waals surface area contributed by atoms with Crippen molar-refractivity contribution in [3.05, 3.63) is 23.8 Å². The van der Waals surface area contributed by atoms with Crippen LogP contribution in [0.5, 0.6) is 0 Å². The quantitative estimate of drug-likeness (QED) is 0.448. The molecule has 0 radical (unpaired) electrons. The SMILES string of the molecule is CC1C2CC3(CC3)C3=CC(=O)CC[C@]3(C)C2C=C[C@]1(C)[C@@]1(C(C)C)CCC(=O)O1. The smallest absolute Gasteiger partial charge is 0.306 e. The highest BCUT2D eigenvalue weighted by Gasteiger charge is 2.66. The predicted molar refractivity (Wildman–Crippen MR) is 113 cm³/mol. The lowest BCUT2D eigenvalue weighted by atomic mass is 9.44. The van der Waals surface area contributed by atoms with Gasteiger partial charge in [-0.1, -0.05) is 52.3 Å². The number of ether oxygens (including phenoxy) is 1. The number of allylic oxidation sites excluding steroid dienone is 3. The van der Waals surface area contributed by atoms with Crippen LogP contribution in [-0.2, 0) is 14.3 Å². The third kappa shape index (κ3) is 2.36. The molecule has 1 spiro atoms. The first-order chi connectivity index (χ1) is 13.6. The average Bonchev–Trinajstić information content (AvgIpc) is 3.31. The summed E-state index contributed by atoms with van der Waals surface area (Å²) in [6, 6.07) is 0. The molecule has 3 nitrogen and oxygen atoms in total. The first-order valence-electron chi connectivity index (χ1n) is 11.7. The molecule has 158 valence electrons. The Balaban J connectivity index is 1.60. The summed E-state index contributed by atoms with van der Waals surface area (Å²) in [5.41, 5.74) is 1.29. The van der Waals surface area contributed by atoms with E-state index in [2.05, 4.69) is 46.8 Å². The van der Waals surface area contributed by atoms with E-state index in [1.54, 1.807) is 0 Å². The van der Waals surface area contributed by atoms with Gasteiger partial charge in [-0.15, -0.1) is 0 Å². The zero-order chi connectivity index (χ0) is 20.8. The number of rotatable bonds is 2. The molecular weight excluding hydrogens is 360 g/mol. The van der Waals surface area contributed by atoms with Crippen molar-refractivity contribution in [2.24, 2.45) is 39.9 Å². The van der Waals surface area contributed by atoms with Crippen LogP contribution >= 0.6 is 0 Å². The van der Waals surface area contributed by atoms with Crippen molar-refractivity contribution >= 4 is 11.8 Å². The van der Waals surface area contributed by atoms with Gasteiger partial charge in [0.05, 0.1) is 0 Å². The summed E-state index contributed by atoms with van der Waals surface area (Å²) in [6.07, 6.45) is 13.6. The number of hydrogen-bond acceptors (Lipinski definition) is 3. The Hall–Kier alpha value is -1.38. The standard InChI is InChI=1S/C26H36O3/c1-16(2)26(11-8-22(28)29-26)24(5)10-7-20-19(17(24)3)15-25(12-13-25)21-14-18(27)6-9-23(20,21)4/h7,10,14,16-17,19-20H,6,8-9,11-13,15H2,1-5H3/t17?,19?,20?,23-,24+,26+/m1/s1. The summed E-state index contributed by atoms with van der Waals surface area (Å²) in [7, 11) is 0. The number of carbonyl (C=O) groups excluding carboxylic acids is 2. The summed E-state index contributed by atoms with van der Waals surface area (Å²) in [4.78, 5) is 24.5. The normalized spacial score (nSPS) is 47.7. The number of carbonyl (C=O) groups is 2. The van der Waals surface area contributed by atoms with E-state index in [4.69, 9.17) is 4.74 Å². The molecule has 0 N–H and O–H groups in total. The zero-order valence-corrected chi connectivity index (χ0v) is 18.7. The van der Waals surface area contributed by atoms with E-state index in [-0.39, 0.29) is 22.2 Å². The van der Waals surface area contributed by atoms with E-state index >= 15 is 0 Å². The molecule has 1 aliphatic heterocycles. The number of fused-ring (bicyclic) bond motifs is 4. The number of cyclic esters (lactones) is 1. The van der Waals surface area contributed by atoms with Crippen LogP contribution < -0.4 is 0 Å². The van der Waals surface area contributed by atoms with Crippen molar-refractivity contribution in [3.8, 4) is 0 Å². The molecule has 0 aromatic carbocycles. The molecule has 6 atom stereocenters. The second kappa shape index (κ2) is 5.86. The Morgan fingerprint density at radius 1 is 1.07 bits per heavy atom. The van der Waals surface area contributed by atoms with Gasteiger partial charge in [-0.2, -0.15) is 0 Å². The zero-order valence-electron chi connectivity index (χ0n) is 18.7. The molecule has 1 heterocycles. The maximum Gasteiger partial charge on any atom is 0.306 e. The van der Waals surface area contributed by atoms with E-state index in [1.807, 2.05) is 6.08 Å². The second-order valence-electron chi connectivity index (χ2n) is 11.6. The van der Waals surface area contributed by atoms with E-state index in [1.165, 1.54) is 24.8 Å². The summed E-state index contributed by atoms with van der Waals surface area (Å²) >= 11 is 0. The molecule has 0 aromatic rings. The monoisotopic (exact) mass is 396 g/mol. The van der Waals surface area contributed by atoms with Gasteiger partial charge in [0.2, 0.25) is 0 Å². The maximum absolute atomic E-state index is 12.3. The fourth-order valence-electron chi connectivity index (χ4n) is 8.08. The molecule has 5 rings (SSSR count). The Kier molecular flexibility index (Phi) is 3.95. The Morgan fingerprint density at radius 3 is 2.38 bits per heavy atom. The van der Waals surface area contributed by atoms with Crippen molar-refractivity contribution in [1.82, 2.24) is 0 Å². The summed E-state index contributed by atoms with van der Waals surface area (Å²) in [5.74, 6) is 2.10. The van der Waals surface area contributed by atoms with Crippen molar-refractivity contribution in [2.45, 2.75) is 85.2 Å². The molecule has 3 heteroatoms. The van der Waals surface area contributed by atoms with Gasteiger partial charge in [-0.05, 0) is 72.7 Å². The van der Waals surface area contributed by atoms with Crippen LogP contribution in [0.4, 0.5) is 0 Å². The number of hydrogen-bond donors (Lipinski definition) is 0. The van der Waals surface area contributed by atoms with Crippen molar-refractivity contribution in [3.63, 3.8) is 0 Å². The number of esters is 1. The van der Waals surface area contributed by atoms with Crippen LogP contribution in [0.3, 0.4) is 0 Å². The van der Waals surface area contributed by atoms with Crippen LogP contribution in [-0.4, -0.2) is 17.4 Å². The Bertz CT molecular complexity index is 831. The molecule has 1 saturated heterocycles. The van der Waals surface area contributed by atoms with Gasteiger partial charge in [0.15, 0.2) is 5.78 Å². The highest BCUT2D eigenvalue weighted by molar-refractivity contribution is 5.92. The minimum absolute atomic E-state index is 0.0343. The van der Waals surface area contributed by atoms with Gasteiger partial charge in [0, 0.05) is 18.3 Å². The minimum Gasteiger partial charge on any atom is -0.458 e. The first-order valence-corrected chi connectivity index (χ1v) is 11.7. The van der Waals surface area contributed by atoms with Crippen LogP contribution in [0.25, 0.3) is 0 Å². The summed E-state index contributed by atoms with van der Waals surface area (Å²) < 4.78 is 6.17. The van der Waals surface area contributed by atoms with Crippen LogP contribution in [0.1, 0.15) is 79.6 Å². The number of ketones is 1. The maximum atomic E-state index is 12.3. The lowest BCUT2D eigenvalue weighted by Gasteiger charge is -2.61. The highest BCUT2D eigenvalue weighted by Crippen LogP contribution is 2.73. The molecule has 29 heavy (non-hydrogen) atoms. The fourth-order valence-corrected chi connectivity index (χ4v) is 8.08. The Labute approximate surface area is 175 Å². The molecule has 2 saturated carbocycles. The van der Waals surface area contributed by atoms with Crippen molar-refractivity contribution in [1.29, 1.82) is 0 Å². The Morgan fingerprint density at radius 2 is 1.79 bits per heavy atom. The van der Waals surface area contributed by atoms with Gasteiger partial charge in [-0.25, -0.2) is 0 Å². The van der Waals surface area contributed by atoms with Crippen LogP contribution in [0.15, 0.2) is 23.8 Å². The van der Waals surface area contributed by atoms with E-state index in [0.29, 0.717) is 42.3 Å². The fraction of sp³-hybridized carbons (Fsp3) is 0.769. The molecule has 4 aliphatic carbocycles. The third-order valence-electron chi connectivity index (χ3n) is 10.1. The second-order valence-corrected chi connectivity index (χ2v) is 11.6. The minimum atomic E-state index is -0.402. The predicted octanol–water partition coefficient (Wildman–Crippen LogP) is 5.64. The van der Waals surface area contributed by atoms with Crippen LogP contribution in [0, 0.1) is 39.9 Å². The van der Waals surface area contributed by atoms with Gasteiger partial charge in [0.25, 0.3) is 0 Å². The van der Waals surface area contributed by atoms with Gasteiger partial charge in [-0.3, -0.25) is 9.59 Å². The van der Waals surface area contributed by atoms with Gasteiger partial charge >= 0.3 is 5.97 Å². The third-order valence-corrected chi connectivity index (χ3v) is 10.1. The van der Waals surface area contributed by atoms with E-state index in [0.717, 1.165) is 12.8 Å². The largest absolute Gasteiger partial charge is 0.458 e. The average molecular weight is 397 g/mol.